The number of aliphatic hydroxyl groups excluding tert-OH is 1. The molecule has 0 unspecified atom stereocenters. The molecule has 0 aliphatic carbocycles. The Bertz CT molecular complexity index is 1280. The molecule has 212 valence electrons. The number of aromatic amines is 1. The number of amides is 1. The van der Waals surface area contributed by atoms with Crippen molar-refractivity contribution in [3.8, 4) is 0 Å². The first-order valence-electron chi connectivity index (χ1n) is 11.2. The standard InChI is InChI=1S/C22H25Cl2N7O3.CH4.ClH.2H2S/c23-15-2-1-12(7-16(15)24)9-26-22-28-18-11-27-31(19(18)20(33)29-22)13-3-5-30(6-4-13)21(34)17-8-14(32)10-25-17;;;;/h1-2,7,11,13-14,17,25,32H,3-6,8-10H2,(H2,26,28,29,33);1H4;1H;2*1H2/t14-,17-;;;;/m0..../s1. The van der Waals surface area contributed by atoms with Crippen LogP contribution in [-0.2, 0) is 11.3 Å². The summed E-state index contributed by atoms with van der Waals surface area (Å²) < 4.78 is 1.73. The van der Waals surface area contributed by atoms with Crippen molar-refractivity contribution >= 4 is 85.5 Å². The minimum Gasteiger partial charge on any atom is -0.392 e. The predicted octanol–water partition coefficient (Wildman–Crippen LogP) is 3.21. The Morgan fingerprint density at radius 1 is 1.18 bits per heavy atom. The van der Waals surface area contributed by atoms with Crippen LogP contribution in [-0.4, -0.2) is 67.4 Å². The third kappa shape index (κ3) is 7.29. The number of β-amino-alcohol motifs (C(OH)–C–C–N with tert-alkyl or cyclic N) is 1. The van der Waals surface area contributed by atoms with Crippen molar-refractivity contribution < 1.29 is 9.90 Å². The topological polar surface area (TPSA) is 128 Å². The number of halogens is 3. The molecule has 4 heterocycles. The van der Waals surface area contributed by atoms with Gasteiger partial charge < -0.3 is 20.6 Å². The van der Waals surface area contributed by atoms with E-state index in [-0.39, 0.29) is 70.4 Å². The smallest absolute Gasteiger partial charge is 0.278 e. The number of anilines is 1. The molecule has 3 aromatic rings. The summed E-state index contributed by atoms with van der Waals surface area (Å²) >= 11 is 12.0. The van der Waals surface area contributed by atoms with Crippen molar-refractivity contribution in [3.63, 3.8) is 0 Å². The first-order chi connectivity index (χ1) is 16.4. The van der Waals surface area contributed by atoms with E-state index in [2.05, 4.69) is 25.7 Å². The fraction of sp³-hybridized carbons (Fsp3) is 0.478. The van der Waals surface area contributed by atoms with Crippen LogP contribution in [0.15, 0.2) is 29.2 Å². The Morgan fingerprint density at radius 3 is 2.53 bits per heavy atom. The quantitative estimate of drug-likeness (QED) is 0.343. The lowest BCUT2D eigenvalue weighted by Gasteiger charge is -2.33. The van der Waals surface area contributed by atoms with Crippen molar-refractivity contribution in [1.82, 2.24) is 30.0 Å². The highest BCUT2D eigenvalue weighted by molar-refractivity contribution is 7.59. The van der Waals surface area contributed by atoms with Crippen molar-refractivity contribution in [2.24, 2.45) is 0 Å². The second-order valence-electron chi connectivity index (χ2n) is 8.75. The van der Waals surface area contributed by atoms with Crippen LogP contribution in [0.25, 0.3) is 11.0 Å². The summed E-state index contributed by atoms with van der Waals surface area (Å²) in [6.45, 7) is 2.02. The van der Waals surface area contributed by atoms with Gasteiger partial charge in [0.2, 0.25) is 11.9 Å². The van der Waals surface area contributed by atoms with E-state index in [0.717, 1.165) is 5.56 Å². The summed E-state index contributed by atoms with van der Waals surface area (Å²) in [5.41, 5.74) is 1.55. The number of fused-ring (bicyclic) bond motifs is 1. The van der Waals surface area contributed by atoms with Gasteiger partial charge in [-0.3, -0.25) is 19.3 Å². The Balaban J connectivity index is 0.00000180. The molecule has 10 nitrogen and oxygen atoms in total. The number of rotatable bonds is 5. The molecule has 0 bridgehead atoms. The van der Waals surface area contributed by atoms with E-state index >= 15 is 0 Å². The lowest BCUT2D eigenvalue weighted by molar-refractivity contribution is -0.134. The van der Waals surface area contributed by atoms with Gasteiger partial charge in [-0.2, -0.15) is 32.1 Å². The molecule has 5 rings (SSSR count). The van der Waals surface area contributed by atoms with Gasteiger partial charge in [0.25, 0.3) is 5.56 Å². The van der Waals surface area contributed by atoms with Crippen molar-refractivity contribution in [1.29, 1.82) is 0 Å². The van der Waals surface area contributed by atoms with E-state index < -0.39 is 6.10 Å². The zero-order valence-corrected chi connectivity index (χ0v) is 24.0. The van der Waals surface area contributed by atoms with Gasteiger partial charge in [0, 0.05) is 26.2 Å². The number of piperidine rings is 1. The molecule has 2 aromatic heterocycles. The summed E-state index contributed by atoms with van der Waals surface area (Å²) in [7, 11) is 0. The first kappa shape index (κ1) is 34.4. The highest BCUT2D eigenvalue weighted by Gasteiger charge is 2.34. The van der Waals surface area contributed by atoms with Crippen LogP contribution in [0.3, 0.4) is 0 Å². The molecule has 2 aliphatic rings. The summed E-state index contributed by atoms with van der Waals surface area (Å²) in [5.74, 6) is 0.368. The van der Waals surface area contributed by atoms with E-state index in [1.807, 2.05) is 11.0 Å². The molecular formula is C23H34Cl3N7O3S2. The Morgan fingerprint density at radius 2 is 1.89 bits per heavy atom. The molecule has 4 N–H and O–H groups in total. The molecule has 15 heteroatoms. The minimum atomic E-state index is -0.468. The van der Waals surface area contributed by atoms with Crippen LogP contribution >= 0.6 is 62.6 Å². The van der Waals surface area contributed by atoms with Gasteiger partial charge in [0.1, 0.15) is 5.52 Å². The van der Waals surface area contributed by atoms with Crippen LogP contribution in [0.4, 0.5) is 5.95 Å². The summed E-state index contributed by atoms with van der Waals surface area (Å²) in [6.07, 6.45) is 2.95. The number of carbonyl (C=O) groups is 1. The number of nitrogens with zero attached hydrogens (tertiary/aromatic N) is 4. The largest absolute Gasteiger partial charge is 0.392 e. The van der Waals surface area contributed by atoms with Crippen LogP contribution in [0.1, 0.15) is 38.3 Å². The van der Waals surface area contributed by atoms with Gasteiger partial charge in [-0.25, -0.2) is 4.98 Å². The number of carbonyl (C=O) groups excluding carboxylic acids is 1. The molecule has 1 amide bonds. The molecule has 2 saturated heterocycles. The fourth-order valence-corrected chi connectivity index (χ4v) is 4.94. The highest BCUT2D eigenvalue weighted by Crippen LogP contribution is 2.26. The molecule has 2 aliphatic heterocycles. The summed E-state index contributed by atoms with van der Waals surface area (Å²) in [4.78, 5) is 34.7. The zero-order valence-electron chi connectivity index (χ0n) is 19.7. The molecule has 2 fully saturated rings. The number of likely N-dealkylation sites (tertiary alicyclic amines) is 1. The van der Waals surface area contributed by atoms with Crippen molar-refractivity contribution in [2.75, 3.05) is 25.0 Å². The summed E-state index contributed by atoms with van der Waals surface area (Å²) in [6, 6.07) is 5.00. The van der Waals surface area contributed by atoms with Gasteiger partial charge in [-0.1, -0.05) is 36.7 Å². The van der Waals surface area contributed by atoms with E-state index in [4.69, 9.17) is 23.2 Å². The number of nitrogens with one attached hydrogen (secondary N) is 3. The van der Waals surface area contributed by atoms with E-state index in [0.29, 0.717) is 72.5 Å². The average Bonchev–Trinajstić information content (AvgIpc) is 3.46. The second-order valence-corrected chi connectivity index (χ2v) is 9.56. The van der Waals surface area contributed by atoms with E-state index in [1.165, 1.54) is 0 Å². The fourth-order valence-electron chi connectivity index (χ4n) is 4.62. The molecule has 0 radical (unpaired) electrons. The number of hydrogen-bond donors (Lipinski definition) is 4. The Hall–Kier alpha value is -1.67. The maximum absolute atomic E-state index is 12.9. The minimum absolute atomic E-state index is 0. The third-order valence-electron chi connectivity index (χ3n) is 6.43. The van der Waals surface area contributed by atoms with Gasteiger partial charge >= 0.3 is 0 Å². The molecule has 38 heavy (non-hydrogen) atoms. The molecule has 0 spiro atoms. The van der Waals surface area contributed by atoms with Gasteiger partial charge in [-0.15, -0.1) is 12.4 Å². The number of aromatic nitrogens is 4. The van der Waals surface area contributed by atoms with Gasteiger partial charge in [0.05, 0.1) is 34.4 Å². The van der Waals surface area contributed by atoms with E-state index in [1.54, 1.807) is 23.0 Å². The lowest BCUT2D eigenvalue weighted by Crippen LogP contribution is -2.47. The van der Waals surface area contributed by atoms with E-state index in [9.17, 15) is 14.7 Å². The van der Waals surface area contributed by atoms with Crippen LogP contribution in [0.2, 0.25) is 10.0 Å². The maximum Gasteiger partial charge on any atom is 0.278 e. The monoisotopic (exact) mass is 625 g/mol. The number of benzene rings is 1. The first-order valence-corrected chi connectivity index (χ1v) is 12.0. The van der Waals surface area contributed by atoms with Crippen molar-refractivity contribution in [3.05, 3.63) is 50.4 Å². The molecule has 2 atom stereocenters. The highest BCUT2D eigenvalue weighted by atomic mass is 35.5. The van der Waals surface area contributed by atoms with Crippen molar-refractivity contribution in [2.45, 2.75) is 51.4 Å². The SMILES string of the molecule is C.Cl.O=C([C@@H]1C[C@H](O)CN1)N1CCC(n2ncc3nc(NCc4ccc(Cl)c(Cl)c4)[nH]c(=O)c32)CC1.S.S. The number of H-pyrrole nitrogens is 1. The maximum atomic E-state index is 12.9. The number of hydrogen-bond acceptors (Lipinski definition) is 7. The zero-order chi connectivity index (χ0) is 23.8. The Kier molecular flexibility index (Phi) is 13.2. The van der Waals surface area contributed by atoms with Gasteiger partial charge in [0.15, 0.2) is 5.52 Å². The van der Waals surface area contributed by atoms with Crippen LogP contribution in [0.5, 0.6) is 0 Å². The molecule has 0 saturated carbocycles. The lowest BCUT2D eigenvalue weighted by atomic mass is 10.0. The molecular weight excluding hydrogens is 593 g/mol. The van der Waals surface area contributed by atoms with Crippen LogP contribution in [0, 0.1) is 0 Å². The van der Waals surface area contributed by atoms with Gasteiger partial charge in [-0.05, 0) is 37.0 Å². The molecule has 1 aromatic carbocycles. The predicted molar refractivity (Wildman–Crippen MR) is 164 cm³/mol. The van der Waals surface area contributed by atoms with Crippen LogP contribution < -0.4 is 16.2 Å². The Labute approximate surface area is 251 Å². The number of aliphatic hydroxyl groups is 1. The summed E-state index contributed by atoms with van der Waals surface area (Å²) in [5, 5.41) is 21.2. The third-order valence-corrected chi connectivity index (χ3v) is 7.17. The second kappa shape index (κ2) is 14.6. The average molecular weight is 627 g/mol. The normalized spacial score (nSPS) is 19.1.